The zero-order valence-corrected chi connectivity index (χ0v) is 16.1. The first-order valence-electron chi connectivity index (χ1n) is 8.14. The van der Waals surface area contributed by atoms with Crippen molar-refractivity contribution in [3.05, 3.63) is 47.4 Å². The molecule has 0 aliphatic heterocycles. The lowest BCUT2D eigenvalue weighted by atomic mass is 9.99. The zero-order valence-electron chi connectivity index (χ0n) is 15.3. The van der Waals surface area contributed by atoms with Crippen LogP contribution < -0.4 is 5.32 Å². The number of rotatable bonds is 4. The van der Waals surface area contributed by atoms with Gasteiger partial charge in [0.2, 0.25) is 0 Å². The predicted molar refractivity (Wildman–Crippen MR) is 97.3 cm³/mol. The minimum absolute atomic E-state index is 0. The average Bonchev–Trinajstić information content (AvgIpc) is 3.13. The molecule has 1 aromatic carbocycles. The van der Waals surface area contributed by atoms with Gasteiger partial charge in [0.05, 0.1) is 11.1 Å². The van der Waals surface area contributed by atoms with Gasteiger partial charge < -0.3 is 15.5 Å². The molecule has 0 radical (unpaired) electrons. The number of fused-ring (bicyclic) bond motifs is 1. The van der Waals surface area contributed by atoms with Crippen molar-refractivity contribution in [2.75, 3.05) is 6.54 Å². The van der Waals surface area contributed by atoms with Crippen molar-refractivity contribution in [3.8, 4) is 16.9 Å². The first-order valence-corrected chi connectivity index (χ1v) is 8.14. The third-order valence-corrected chi connectivity index (χ3v) is 4.04. The molecule has 0 spiro atoms. The predicted octanol–water partition coefficient (Wildman–Crippen LogP) is 3.38. The van der Waals surface area contributed by atoms with Crippen LogP contribution in [0.4, 0.5) is 26.3 Å². The molecule has 3 rings (SSSR count). The van der Waals surface area contributed by atoms with Crippen LogP contribution in [0.5, 0.6) is 5.75 Å². The van der Waals surface area contributed by atoms with Gasteiger partial charge in [0.15, 0.2) is 11.3 Å². The van der Waals surface area contributed by atoms with Crippen molar-refractivity contribution >= 4 is 29.9 Å². The molecule has 3 N–H and O–H groups in total. The Hall–Kier alpha value is -3.55. The van der Waals surface area contributed by atoms with E-state index in [-0.39, 0.29) is 29.7 Å². The number of carboxylic acid groups (broad SMARTS) is 1. The molecule has 0 saturated carbocycles. The van der Waals surface area contributed by atoms with Gasteiger partial charge in [0.1, 0.15) is 18.6 Å². The second-order valence-corrected chi connectivity index (χ2v) is 6.16. The van der Waals surface area contributed by atoms with E-state index in [1.807, 2.05) is 5.32 Å². The molecule has 0 saturated heterocycles. The summed E-state index contributed by atoms with van der Waals surface area (Å²) in [5, 5.41) is 24.5. The Kier molecular flexibility index (Phi) is 6.59. The van der Waals surface area contributed by atoms with Gasteiger partial charge in [-0.15, -0.1) is 12.4 Å². The van der Waals surface area contributed by atoms with E-state index in [0.717, 1.165) is 12.4 Å². The highest BCUT2D eigenvalue weighted by Gasteiger charge is 2.37. The number of halogens is 7. The zero-order chi connectivity index (χ0) is 23.1. The standard InChI is InChI=1S/C17H10F6N4O4.ClH/c18-16(19,20)8-1-7(2-9(3-8)17(21,22)23)10-4-11(28)13(15(31)24-5-12(29)30)27-14(10)25-6-26-27;/h1-4,6,28H,5H2,(H,24,31)(H,29,30);1H. The molecule has 2 heterocycles. The lowest BCUT2D eigenvalue weighted by Gasteiger charge is -2.15. The minimum atomic E-state index is -5.10. The summed E-state index contributed by atoms with van der Waals surface area (Å²) in [7, 11) is 0. The Morgan fingerprint density at radius 2 is 1.56 bits per heavy atom. The van der Waals surface area contributed by atoms with E-state index < -0.39 is 58.9 Å². The molecule has 3 aromatic rings. The fourth-order valence-electron chi connectivity index (χ4n) is 2.74. The molecule has 0 aliphatic rings. The molecular weight excluding hydrogens is 474 g/mol. The molecule has 172 valence electrons. The number of nitrogens with zero attached hydrogens (tertiary/aromatic N) is 3. The maximum Gasteiger partial charge on any atom is 0.416 e. The van der Waals surface area contributed by atoms with E-state index in [9.17, 15) is 41.0 Å². The van der Waals surface area contributed by atoms with E-state index in [1.165, 1.54) is 0 Å². The molecule has 0 unspecified atom stereocenters. The number of aliphatic carboxylic acids is 1. The molecule has 0 atom stereocenters. The summed E-state index contributed by atoms with van der Waals surface area (Å²) in [5.41, 5.74) is -5.09. The van der Waals surface area contributed by atoms with Crippen LogP contribution in [0.15, 0.2) is 30.6 Å². The molecular formula is C17H11ClF6N4O4. The van der Waals surface area contributed by atoms with Crippen LogP contribution in [0.1, 0.15) is 21.6 Å². The fraction of sp³-hybridized carbons (Fsp3) is 0.176. The third kappa shape index (κ3) is 4.85. The molecule has 32 heavy (non-hydrogen) atoms. The normalized spacial score (nSPS) is 11.8. The fourth-order valence-corrected chi connectivity index (χ4v) is 2.74. The van der Waals surface area contributed by atoms with Gasteiger partial charge in [0, 0.05) is 5.56 Å². The molecule has 0 bridgehead atoms. The average molecular weight is 485 g/mol. The Labute approximate surface area is 179 Å². The SMILES string of the molecule is Cl.O=C(O)CNC(=O)c1c(O)cc(-c2cc(C(F)(F)F)cc(C(F)(F)F)c2)c2ncnn12. The number of alkyl halides is 6. The van der Waals surface area contributed by atoms with Gasteiger partial charge in [-0.2, -0.15) is 31.4 Å². The number of benzene rings is 1. The number of pyridine rings is 1. The van der Waals surface area contributed by atoms with Crippen LogP contribution in [0, 0.1) is 0 Å². The van der Waals surface area contributed by atoms with Crippen molar-refractivity contribution in [1.82, 2.24) is 19.9 Å². The molecule has 8 nitrogen and oxygen atoms in total. The van der Waals surface area contributed by atoms with E-state index >= 15 is 0 Å². The molecule has 0 fully saturated rings. The highest BCUT2D eigenvalue weighted by Crippen LogP contribution is 2.40. The summed E-state index contributed by atoms with van der Waals surface area (Å²) in [6, 6.07) is 1.55. The number of nitrogens with one attached hydrogen (secondary N) is 1. The van der Waals surface area contributed by atoms with E-state index in [0.29, 0.717) is 16.6 Å². The van der Waals surface area contributed by atoms with Crippen LogP contribution in [0.3, 0.4) is 0 Å². The number of aromatic nitrogens is 3. The van der Waals surface area contributed by atoms with Crippen LogP contribution in [0.25, 0.3) is 16.8 Å². The van der Waals surface area contributed by atoms with Gasteiger partial charge in [-0.05, 0) is 29.8 Å². The lowest BCUT2D eigenvalue weighted by Crippen LogP contribution is -2.31. The summed E-state index contributed by atoms with van der Waals surface area (Å²) in [6.07, 6.45) is -9.35. The summed E-state index contributed by atoms with van der Waals surface area (Å²) in [4.78, 5) is 26.5. The molecule has 1 amide bonds. The summed E-state index contributed by atoms with van der Waals surface area (Å²) >= 11 is 0. The monoisotopic (exact) mass is 484 g/mol. The topological polar surface area (TPSA) is 117 Å². The second kappa shape index (κ2) is 8.53. The maximum absolute atomic E-state index is 13.2. The van der Waals surface area contributed by atoms with Gasteiger partial charge in [-0.3, -0.25) is 9.59 Å². The Morgan fingerprint density at radius 3 is 2.06 bits per heavy atom. The van der Waals surface area contributed by atoms with Crippen LogP contribution in [-0.4, -0.2) is 43.2 Å². The number of carboxylic acids is 1. The first kappa shape index (κ1) is 24.7. The molecule has 2 aromatic heterocycles. The minimum Gasteiger partial charge on any atom is -0.505 e. The number of amides is 1. The van der Waals surface area contributed by atoms with Gasteiger partial charge in [0.25, 0.3) is 5.91 Å². The van der Waals surface area contributed by atoms with Crippen molar-refractivity contribution in [1.29, 1.82) is 0 Å². The van der Waals surface area contributed by atoms with Gasteiger partial charge in [-0.25, -0.2) is 9.50 Å². The van der Waals surface area contributed by atoms with Crippen LogP contribution >= 0.6 is 12.4 Å². The van der Waals surface area contributed by atoms with Crippen molar-refractivity contribution < 1.29 is 46.1 Å². The van der Waals surface area contributed by atoms with E-state index in [2.05, 4.69) is 10.1 Å². The lowest BCUT2D eigenvalue weighted by molar-refractivity contribution is -0.143. The number of carbonyl (C=O) groups is 2. The Morgan fingerprint density at radius 1 is 1.00 bits per heavy atom. The van der Waals surface area contributed by atoms with E-state index in [4.69, 9.17) is 5.11 Å². The Balaban J connectivity index is 0.00000363. The summed E-state index contributed by atoms with van der Waals surface area (Å²) < 4.78 is 79.6. The quantitative estimate of drug-likeness (QED) is 0.489. The first-order chi connectivity index (χ1) is 14.3. The number of hydrogen-bond acceptors (Lipinski definition) is 5. The Bertz CT molecular complexity index is 1160. The van der Waals surface area contributed by atoms with Crippen molar-refractivity contribution in [2.24, 2.45) is 0 Å². The van der Waals surface area contributed by atoms with Crippen LogP contribution in [0.2, 0.25) is 0 Å². The number of carbonyl (C=O) groups excluding carboxylic acids is 1. The third-order valence-electron chi connectivity index (χ3n) is 4.04. The smallest absolute Gasteiger partial charge is 0.416 e. The summed E-state index contributed by atoms with van der Waals surface area (Å²) in [6.45, 7) is -0.821. The number of aromatic hydroxyl groups is 1. The van der Waals surface area contributed by atoms with E-state index in [1.54, 1.807) is 0 Å². The maximum atomic E-state index is 13.2. The van der Waals surface area contributed by atoms with Gasteiger partial charge in [-0.1, -0.05) is 0 Å². The van der Waals surface area contributed by atoms with Crippen molar-refractivity contribution in [3.63, 3.8) is 0 Å². The number of hydrogen-bond donors (Lipinski definition) is 3. The molecule has 0 aliphatic carbocycles. The van der Waals surface area contributed by atoms with Crippen LogP contribution in [-0.2, 0) is 17.1 Å². The van der Waals surface area contributed by atoms with Crippen molar-refractivity contribution in [2.45, 2.75) is 12.4 Å². The largest absolute Gasteiger partial charge is 0.505 e. The molecule has 15 heteroatoms. The summed E-state index contributed by atoms with van der Waals surface area (Å²) in [5.74, 6) is -3.38. The van der Waals surface area contributed by atoms with Gasteiger partial charge >= 0.3 is 18.3 Å². The highest BCUT2D eigenvalue weighted by molar-refractivity contribution is 5.98. The second-order valence-electron chi connectivity index (χ2n) is 6.16. The highest BCUT2D eigenvalue weighted by atomic mass is 35.5.